The van der Waals surface area contributed by atoms with Crippen molar-refractivity contribution in [3.8, 4) is 0 Å². The van der Waals surface area contributed by atoms with Crippen LogP contribution in [0.25, 0.3) is 0 Å². The van der Waals surface area contributed by atoms with Crippen molar-refractivity contribution in [3.63, 3.8) is 0 Å². The van der Waals surface area contributed by atoms with Crippen LogP contribution >= 0.6 is 12.4 Å². The first-order chi connectivity index (χ1) is 6.31. The fourth-order valence-electron chi connectivity index (χ4n) is 2.13. The van der Waals surface area contributed by atoms with E-state index in [4.69, 9.17) is 5.73 Å². The van der Waals surface area contributed by atoms with Gasteiger partial charge in [0.1, 0.15) is 0 Å². The number of benzene rings is 1. The number of aryl methyl sites for hydroxylation is 2. The zero-order valence-electron chi connectivity index (χ0n) is 8.62. The molecule has 0 saturated heterocycles. The van der Waals surface area contributed by atoms with Gasteiger partial charge in [-0.1, -0.05) is 25.1 Å². The van der Waals surface area contributed by atoms with Crippen molar-refractivity contribution in [2.45, 2.75) is 38.6 Å². The van der Waals surface area contributed by atoms with Crippen LogP contribution in [-0.4, -0.2) is 0 Å². The van der Waals surface area contributed by atoms with Gasteiger partial charge in [-0.3, -0.25) is 0 Å². The van der Waals surface area contributed by atoms with E-state index >= 15 is 0 Å². The highest BCUT2D eigenvalue weighted by Crippen LogP contribution is 2.28. The number of rotatable bonds is 1. The number of hydrogen-bond donors (Lipinski definition) is 1. The van der Waals surface area contributed by atoms with Crippen molar-refractivity contribution < 1.29 is 0 Å². The molecular formula is C12H18ClN. The Kier molecular flexibility index (Phi) is 3.97. The zero-order valence-corrected chi connectivity index (χ0v) is 9.44. The van der Waals surface area contributed by atoms with Crippen LogP contribution < -0.4 is 5.73 Å². The molecule has 0 spiro atoms. The van der Waals surface area contributed by atoms with Gasteiger partial charge in [-0.2, -0.15) is 0 Å². The lowest BCUT2D eigenvalue weighted by Gasteiger charge is -2.22. The van der Waals surface area contributed by atoms with Crippen LogP contribution in [0.15, 0.2) is 18.2 Å². The smallest absolute Gasteiger partial charge is 0.0297 e. The standard InChI is InChI=1S/C12H17N.ClH/c1-2-9-6-7-11-10(8-9)4-3-5-12(11)13;/h6-8,12H,2-5,13H2,1H3;1H/t12-;/m0./s1. The second kappa shape index (κ2) is 4.81. The fourth-order valence-corrected chi connectivity index (χ4v) is 2.13. The van der Waals surface area contributed by atoms with Crippen LogP contribution in [0.3, 0.4) is 0 Å². The lowest BCUT2D eigenvalue weighted by atomic mass is 9.87. The third-order valence-electron chi connectivity index (χ3n) is 2.98. The second-order valence-electron chi connectivity index (χ2n) is 3.89. The first kappa shape index (κ1) is 11.5. The molecule has 1 aromatic carbocycles. The van der Waals surface area contributed by atoms with E-state index in [0.717, 1.165) is 12.8 Å². The van der Waals surface area contributed by atoms with Gasteiger partial charge in [-0.05, 0) is 42.4 Å². The van der Waals surface area contributed by atoms with Crippen molar-refractivity contribution in [2.24, 2.45) is 5.73 Å². The van der Waals surface area contributed by atoms with Gasteiger partial charge in [0.25, 0.3) is 0 Å². The predicted molar refractivity (Wildman–Crippen MR) is 62.9 cm³/mol. The monoisotopic (exact) mass is 211 g/mol. The molecule has 78 valence electrons. The molecule has 0 aromatic heterocycles. The summed E-state index contributed by atoms with van der Waals surface area (Å²) in [6, 6.07) is 7.05. The van der Waals surface area contributed by atoms with Gasteiger partial charge in [0.05, 0.1) is 0 Å². The Morgan fingerprint density at radius 1 is 1.43 bits per heavy atom. The molecule has 0 amide bonds. The number of hydrogen-bond acceptors (Lipinski definition) is 1. The van der Waals surface area contributed by atoms with E-state index in [9.17, 15) is 0 Å². The quantitative estimate of drug-likeness (QED) is 0.760. The summed E-state index contributed by atoms with van der Waals surface area (Å²) in [4.78, 5) is 0. The molecule has 0 unspecified atom stereocenters. The summed E-state index contributed by atoms with van der Waals surface area (Å²) in [5, 5.41) is 0. The molecule has 1 nitrogen and oxygen atoms in total. The summed E-state index contributed by atoms with van der Waals surface area (Å²) in [6.45, 7) is 2.20. The number of halogens is 1. The van der Waals surface area contributed by atoms with E-state index in [2.05, 4.69) is 25.1 Å². The Hall–Kier alpha value is -0.530. The van der Waals surface area contributed by atoms with Crippen molar-refractivity contribution in [2.75, 3.05) is 0 Å². The third-order valence-corrected chi connectivity index (χ3v) is 2.98. The molecule has 2 N–H and O–H groups in total. The molecule has 1 aromatic rings. The average molecular weight is 212 g/mol. The fraction of sp³-hybridized carbons (Fsp3) is 0.500. The molecule has 2 rings (SSSR count). The Balaban J connectivity index is 0.000000980. The van der Waals surface area contributed by atoms with Crippen molar-refractivity contribution in [3.05, 3.63) is 34.9 Å². The Morgan fingerprint density at radius 2 is 2.21 bits per heavy atom. The van der Waals surface area contributed by atoms with E-state index in [1.165, 1.54) is 29.5 Å². The molecule has 0 bridgehead atoms. The maximum absolute atomic E-state index is 6.04. The van der Waals surface area contributed by atoms with Gasteiger partial charge in [0, 0.05) is 6.04 Å². The van der Waals surface area contributed by atoms with Gasteiger partial charge in [0.15, 0.2) is 0 Å². The van der Waals surface area contributed by atoms with Gasteiger partial charge in [-0.25, -0.2) is 0 Å². The van der Waals surface area contributed by atoms with Gasteiger partial charge < -0.3 is 5.73 Å². The second-order valence-corrected chi connectivity index (χ2v) is 3.89. The summed E-state index contributed by atoms with van der Waals surface area (Å²) in [5.41, 5.74) is 10.3. The van der Waals surface area contributed by atoms with E-state index in [1.807, 2.05) is 0 Å². The van der Waals surface area contributed by atoms with Crippen LogP contribution in [0.2, 0.25) is 0 Å². The van der Waals surface area contributed by atoms with E-state index in [-0.39, 0.29) is 18.4 Å². The van der Waals surface area contributed by atoms with Gasteiger partial charge in [-0.15, -0.1) is 12.4 Å². The zero-order chi connectivity index (χ0) is 9.26. The van der Waals surface area contributed by atoms with Crippen LogP contribution in [0.4, 0.5) is 0 Å². The highest BCUT2D eigenvalue weighted by molar-refractivity contribution is 5.85. The Labute approximate surface area is 92.1 Å². The maximum Gasteiger partial charge on any atom is 0.0297 e. The molecule has 2 heteroatoms. The minimum atomic E-state index is 0. The van der Waals surface area contributed by atoms with Gasteiger partial charge in [0.2, 0.25) is 0 Å². The Morgan fingerprint density at radius 3 is 2.93 bits per heavy atom. The number of fused-ring (bicyclic) bond motifs is 1. The number of nitrogens with two attached hydrogens (primary N) is 1. The minimum Gasteiger partial charge on any atom is -0.324 e. The molecule has 0 saturated carbocycles. The molecule has 14 heavy (non-hydrogen) atoms. The molecule has 0 heterocycles. The van der Waals surface area contributed by atoms with Crippen LogP contribution in [0.5, 0.6) is 0 Å². The SMILES string of the molecule is CCc1ccc2c(c1)CCC[C@@H]2N.Cl. The summed E-state index contributed by atoms with van der Waals surface area (Å²) in [7, 11) is 0. The predicted octanol–water partition coefficient (Wildman–Crippen LogP) is 3.01. The van der Waals surface area contributed by atoms with E-state index in [1.54, 1.807) is 0 Å². The molecular weight excluding hydrogens is 194 g/mol. The average Bonchev–Trinajstić information content (AvgIpc) is 2.18. The van der Waals surface area contributed by atoms with E-state index < -0.39 is 0 Å². The molecule has 1 aliphatic rings. The minimum absolute atomic E-state index is 0. The first-order valence-electron chi connectivity index (χ1n) is 5.18. The summed E-state index contributed by atoms with van der Waals surface area (Å²) >= 11 is 0. The van der Waals surface area contributed by atoms with Crippen LogP contribution in [0, 0.1) is 0 Å². The lowest BCUT2D eigenvalue weighted by Crippen LogP contribution is -2.17. The summed E-state index contributed by atoms with van der Waals surface area (Å²) in [5.74, 6) is 0. The summed E-state index contributed by atoms with van der Waals surface area (Å²) < 4.78 is 0. The topological polar surface area (TPSA) is 26.0 Å². The van der Waals surface area contributed by atoms with Crippen LogP contribution in [-0.2, 0) is 12.8 Å². The highest BCUT2D eigenvalue weighted by Gasteiger charge is 2.15. The van der Waals surface area contributed by atoms with Crippen LogP contribution in [0.1, 0.15) is 42.5 Å². The molecule has 1 aliphatic carbocycles. The highest BCUT2D eigenvalue weighted by atomic mass is 35.5. The third kappa shape index (κ3) is 2.10. The Bertz CT molecular complexity index is 309. The van der Waals surface area contributed by atoms with Crippen molar-refractivity contribution >= 4 is 12.4 Å². The molecule has 0 aliphatic heterocycles. The van der Waals surface area contributed by atoms with Crippen molar-refractivity contribution in [1.29, 1.82) is 0 Å². The van der Waals surface area contributed by atoms with Crippen molar-refractivity contribution in [1.82, 2.24) is 0 Å². The first-order valence-corrected chi connectivity index (χ1v) is 5.18. The lowest BCUT2D eigenvalue weighted by molar-refractivity contribution is 0.570. The maximum atomic E-state index is 6.04. The summed E-state index contributed by atoms with van der Waals surface area (Å²) in [6.07, 6.45) is 4.75. The molecule has 1 atom stereocenters. The molecule has 0 fully saturated rings. The molecule has 0 radical (unpaired) electrons. The normalized spacial score (nSPS) is 19.7. The van der Waals surface area contributed by atoms with Gasteiger partial charge >= 0.3 is 0 Å². The van der Waals surface area contributed by atoms with E-state index in [0.29, 0.717) is 0 Å². The largest absolute Gasteiger partial charge is 0.324 e.